The zero-order chi connectivity index (χ0) is 9.26. The van der Waals surface area contributed by atoms with Crippen LogP contribution in [0.5, 0.6) is 0 Å². The summed E-state index contributed by atoms with van der Waals surface area (Å²) in [5.74, 6) is 0.468. The van der Waals surface area contributed by atoms with E-state index >= 15 is 0 Å². The van der Waals surface area contributed by atoms with Gasteiger partial charge >= 0.3 is 0 Å². The molecule has 0 aliphatic heterocycles. The van der Waals surface area contributed by atoms with Crippen LogP contribution in [-0.2, 0) is 12.8 Å². The SMILES string of the molecule is C[C@@H](O)[C@@H]1CCc2ccccc2C1. The van der Waals surface area contributed by atoms with Gasteiger partial charge in [-0.3, -0.25) is 0 Å². The summed E-state index contributed by atoms with van der Waals surface area (Å²) in [6, 6.07) is 8.57. The van der Waals surface area contributed by atoms with Gasteiger partial charge in [0.25, 0.3) is 0 Å². The smallest absolute Gasteiger partial charge is 0.0543 e. The van der Waals surface area contributed by atoms with E-state index in [0.717, 1.165) is 19.3 Å². The van der Waals surface area contributed by atoms with E-state index in [9.17, 15) is 5.11 Å². The predicted octanol–water partition coefficient (Wildman–Crippen LogP) is 2.17. The number of aliphatic hydroxyl groups excluding tert-OH is 1. The van der Waals surface area contributed by atoms with Crippen LogP contribution in [0.1, 0.15) is 24.5 Å². The molecule has 1 nitrogen and oxygen atoms in total. The summed E-state index contributed by atoms with van der Waals surface area (Å²) < 4.78 is 0. The number of benzene rings is 1. The largest absolute Gasteiger partial charge is 0.393 e. The van der Waals surface area contributed by atoms with E-state index in [-0.39, 0.29) is 6.10 Å². The average Bonchev–Trinajstić information content (AvgIpc) is 2.17. The Balaban J connectivity index is 2.20. The highest BCUT2D eigenvalue weighted by atomic mass is 16.3. The van der Waals surface area contributed by atoms with Crippen molar-refractivity contribution in [2.45, 2.75) is 32.3 Å². The van der Waals surface area contributed by atoms with E-state index < -0.39 is 0 Å². The Kier molecular flexibility index (Phi) is 2.36. The molecule has 0 bridgehead atoms. The second-order valence-corrected chi connectivity index (χ2v) is 4.01. The molecule has 70 valence electrons. The van der Waals surface area contributed by atoms with Gasteiger partial charge in [0.15, 0.2) is 0 Å². The average molecular weight is 176 g/mol. The number of hydrogen-bond acceptors (Lipinski definition) is 1. The summed E-state index contributed by atoms with van der Waals surface area (Å²) in [6.45, 7) is 1.90. The van der Waals surface area contributed by atoms with Gasteiger partial charge in [-0.25, -0.2) is 0 Å². The number of rotatable bonds is 1. The third-order valence-corrected chi connectivity index (χ3v) is 3.07. The van der Waals surface area contributed by atoms with Crippen molar-refractivity contribution in [3.05, 3.63) is 35.4 Å². The minimum Gasteiger partial charge on any atom is -0.393 e. The molecule has 2 atom stereocenters. The molecule has 13 heavy (non-hydrogen) atoms. The minimum absolute atomic E-state index is 0.159. The summed E-state index contributed by atoms with van der Waals surface area (Å²) in [6.07, 6.45) is 3.15. The first-order valence-electron chi connectivity index (χ1n) is 5.02. The lowest BCUT2D eigenvalue weighted by molar-refractivity contribution is 0.117. The highest BCUT2D eigenvalue weighted by Crippen LogP contribution is 2.27. The molecular formula is C12H16O. The molecule has 0 aromatic heterocycles. The molecule has 1 heteroatoms. The van der Waals surface area contributed by atoms with E-state index in [4.69, 9.17) is 0 Å². The van der Waals surface area contributed by atoms with Crippen LogP contribution in [0.2, 0.25) is 0 Å². The van der Waals surface area contributed by atoms with Crippen LogP contribution in [0, 0.1) is 5.92 Å². The van der Waals surface area contributed by atoms with Gasteiger partial charge in [0, 0.05) is 0 Å². The van der Waals surface area contributed by atoms with Gasteiger partial charge < -0.3 is 5.11 Å². The van der Waals surface area contributed by atoms with Gasteiger partial charge in [-0.2, -0.15) is 0 Å². The van der Waals surface area contributed by atoms with Crippen LogP contribution in [0.3, 0.4) is 0 Å². The Morgan fingerprint density at radius 1 is 1.31 bits per heavy atom. The molecule has 0 amide bonds. The Bertz CT molecular complexity index is 291. The van der Waals surface area contributed by atoms with Crippen molar-refractivity contribution in [2.75, 3.05) is 0 Å². The van der Waals surface area contributed by atoms with E-state index in [2.05, 4.69) is 24.3 Å². The predicted molar refractivity (Wildman–Crippen MR) is 53.6 cm³/mol. The first-order valence-corrected chi connectivity index (χ1v) is 5.02. The van der Waals surface area contributed by atoms with Crippen molar-refractivity contribution < 1.29 is 5.11 Å². The summed E-state index contributed by atoms with van der Waals surface area (Å²) in [5, 5.41) is 9.50. The van der Waals surface area contributed by atoms with E-state index in [1.807, 2.05) is 6.92 Å². The maximum absolute atomic E-state index is 9.50. The van der Waals surface area contributed by atoms with E-state index in [1.165, 1.54) is 11.1 Å². The molecule has 0 saturated carbocycles. The maximum Gasteiger partial charge on any atom is 0.0543 e. The van der Waals surface area contributed by atoms with Crippen molar-refractivity contribution in [1.82, 2.24) is 0 Å². The molecule has 0 heterocycles. The maximum atomic E-state index is 9.50. The molecule has 1 aliphatic rings. The minimum atomic E-state index is -0.159. The van der Waals surface area contributed by atoms with Crippen LogP contribution >= 0.6 is 0 Å². The van der Waals surface area contributed by atoms with Crippen molar-refractivity contribution in [3.63, 3.8) is 0 Å². The molecule has 1 aliphatic carbocycles. The first-order chi connectivity index (χ1) is 6.27. The topological polar surface area (TPSA) is 20.2 Å². The van der Waals surface area contributed by atoms with Crippen LogP contribution in [-0.4, -0.2) is 11.2 Å². The lowest BCUT2D eigenvalue weighted by Crippen LogP contribution is -2.24. The number of aliphatic hydroxyl groups is 1. The molecule has 0 spiro atoms. The molecule has 0 unspecified atom stereocenters. The van der Waals surface area contributed by atoms with Crippen molar-refractivity contribution in [2.24, 2.45) is 5.92 Å². The van der Waals surface area contributed by atoms with E-state index in [0.29, 0.717) is 5.92 Å². The highest BCUT2D eigenvalue weighted by molar-refractivity contribution is 5.29. The monoisotopic (exact) mass is 176 g/mol. The fraction of sp³-hybridized carbons (Fsp3) is 0.500. The number of hydrogen-bond donors (Lipinski definition) is 1. The number of fused-ring (bicyclic) bond motifs is 1. The van der Waals surface area contributed by atoms with Gasteiger partial charge in [-0.1, -0.05) is 24.3 Å². The molecule has 2 rings (SSSR count). The summed E-state index contributed by atoms with van der Waals surface area (Å²) in [4.78, 5) is 0. The summed E-state index contributed by atoms with van der Waals surface area (Å²) >= 11 is 0. The molecular weight excluding hydrogens is 160 g/mol. The third kappa shape index (κ3) is 1.75. The second kappa shape index (κ2) is 3.51. The standard InChI is InChI=1S/C12H16O/c1-9(13)11-7-6-10-4-2-3-5-12(10)8-11/h2-5,9,11,13H,6-8H2,1H3/t9-,11-/m1/s1. The lowest BCUT2D eigenvalue weighted by Gasteiger charge is -2.26. The van der Waals surface area contributed by atoms with Crippen LogP contribution in [0.4, 0.5) is 0 Å². The van der Waals surface area contributed by atoms with Crippen LogP contribution < -0.4 is 0 Å². The normalized spacial score (nSPS) is 23.7. The third-order valence-electron chi connectivity index (χ3n) is 3.07. The Morgan fingerprint density at radius 2 is 2.00 bits per heavy atom. The van der Waals surface area contributed by atoms with Gasteiger partial charge in [0.2, 0.25) is 0 Å². The zero-order valence-electron chi connectivity index (χ0n) is 8.03. The highest BCUT2D eigenvalue weighted by Gasteiger charge is 2.21. The Morgan fingerprint density at radius 3 is 2.69 bits per heavy atom. The second-order valence-electron chi connectivity index (χ2n) is 4.01. The van der Waals surface area contributed by atoms with Crippen molar-refractivity contribution in [1.29, 1.82) is 0 Å². The zero-order valence-corrected chi connectivity index (χ0v) is 8.03. The summed E-state index contributed by atoms with van der Waals surface area (Å²) in [5.41, 5.74) is 2.90. The fourth-order valence-electron chi connectivity index (χ4n) is 2.14. The summed E-state index contributed by atoms with van der Waals surface area (Å²) in [7, 11) is 0. The lowest BCUT2D eigenvalue weighted by atomic mass is 9.81. The van der Waals surface area contributed by atoms with Gasteiger partial charge in [-0.15, -0.1) is 0 Å². The van der Waals surface area contributed by atoms with E-state index in [1.54, 1.807) is 0 Å². The Hall–Kier alpha value is -0.820. The Labute approximate surface area is 79.4 Å². The molecule has 1 aromatic rings. The molecule has 1 N–H and O–H groups in total. The quantitative estimate of drug-likeness (QED) is 0.695. The van der Waals surface area contributed by atoms with Crippen molar-refractivity contribution in [3.8, 4) is 0 Å². The molecule has 0 saturated heterocycles. The first kappa shape index (κ1) is 8.76. The van der Waals surface area contributed by atoms with Crippen molar-refractivity contribution >= 4 is 0 Å². The van der Waals surface area contributed by atoms with Gasteiger partial charge in [-0.05, 0) is 43.2 Å². The van der Waals surface area contributed by atoms with Crippen LogP contribution in [0.25, 0.3) is 0 Å². The molecule has 0 fully saturated rings. The van der Waals surface area contributed by atoms with Gasteiger partial charge in [0.1, 0.15) is 0 Å². The van der Waals surface area contributed by atoms with Crippen LogP contribution in [0.15, 0.2) is 24.3 Å². The number of aryl methyl sites for hydroxylation is 1. The molecule has 0 radical (unpaired) electrons. The fourth-order valence-corrected chi connectivity index (χ4v) is 2.14. The molecule has 1 aromatic carbocycles. The van der Waals surface area contributed by atoms with Gasteiger partial charge in [0.05, 0.1) is 6.10 Å².